The number of nitrogens with zero attached hydrogens (tertiary/aromatic N) is 1. The fraction of sp³-hybridized carbons (Fsp3) is 0.727. The molecule has 0 aliphatic heterocycles. The summed E-state index contributed by atoms with van der Waals surface area (Å²) in [6.45, 7) is 8.38. The summed E-state index contributed by atoms with van der Waals surface area (Å²) in [5, 5.41) is 10.1. The molecule has 0 aliphatic carbocycles. The van der Waals surface area contributed by atoms with Crippen molar-refractivity contribution in [1.82, 2.24) is 15.6 Å². The molecule has 15 heavy (non-hydrogen) atoms. The number of nitrogens with one attached hydrogen (secondary N) is 2. The van der Waals surface area contributed by atoms with E-state index in [1.54, 1.807) is 11.3 Å². The minimum atomic E-state index is 0.893. The Morgan fingerprint density at radius 2 is 2.00 bits per heavy atom. The average molecular weight is 227 g/mol. The van der Waals surface area contributed by atoms with E-state index in [1.165, 1.54) is 17.1 Å². The van der Waals surface area contributed by atoms with Gasteiger partial charge >= 0.3 is 0 Å². The molecule has 0 unspecified atom stereocenters. The first-order chi connectivity index (χ1) is 7.36. The number of rotatable bonds is 8. The van der Waals surface area contributed by atoms with Gasteiger partial charge < -0.3 is 10.6 Å². The van der Waals surface area contributed by atoms with Gasteiger partial charge in [-0.1, -0.05) is 13.8 Å². The standard InChI is InChI=1S/C11H21N3S/c1-3-5-12-6-7-13-8-10-9-15-11(4-2)14-10/h9,12-13H,3-8H2,1-2H3. The molecule has 1 aromatic rings. The smallest absolute Gasteiger partial charge is 0.0926 e. The van der Waals surface area contributed by atoms with Crippen LogP contribution in [0.15, 0.2) is 5.38 Å². The average Bonchev–Trinajstić information content (AvgIpc) is 2.71. The molecular formula is C11H21N3S. The minimum absolute atomic E-state index is 0.893. The van der Waals surface area contributed by atoms with E-state index in [0.29, 0.717) is 0 Å². The van der Waals surface area contributed by atoms with Crippen molar-refractivity contribution in [2.75, 3.05) is 19.6 Å². The Kier molecular flexibility index (Phi) is 6.55. The first kappa shape index (κ1) is 12.6. The van der Waals surface area contributed by atoms with Gasteiger partial charge in [-0.3, -0.25) is 0 Å². The second-order valence-corrected chi connectivity index (χ2v) is 4.46. The molecule has 0 saturated carbocycles. The van der Waals surface area contributed by atoms with Gasteiger partial charge in [0.15, 0.2) is 0 Å². The molecule has 2 N–H and O–H groups in total. The third-order valence-electron chi connectivity index (χ3n) is 2.11. The highest BCUT2D eigenvalue weighted by molar-refractivity contribution is 7.09. The van der Waals surface area contributed by atoms with Gasteiger partial charge in [0.05, 0.1) is 10.7 Å². The molecule has 0 bridgehead atoms. The Morgan fingerprint density at radius 3 is 2.67 bits per heavy atom. The van der Waals surface area contributed by atoms with Gasteiger partial charge in [-0.2, -0.15) is 0 Å². The molecule has 0 aliphatic rings. The molecule has 0 aromatic carbocycles. The lowest BCUT2D eigenvalue weighted by atomic mass is 10.4. The van der Waals surface area contributed by atoms with Crippen molar-refractivity contribution in [2.45, 2.75) is 33.2 Å². The van der Waals surface area contributed by atoms with E-state index in [4.69, 9.17) is 0 Å². The van der Waals surface area contributed by atoms with Crippen LogP contribution in [-0.4, -0.2) is 24.6 Å². The summed E-state index contributed by atoms with van der Waals surface area (Å²) in [6.07, 6.45) is 2.24. The maximum Gasteiger partial charge on any atom is 0.0926 e. The van der Waals surface area contributed by atoms with E-state index in [9.17, 15) is 0 Å². The Hall–Kier alpha value is -0.450. The van der Waals surface area contributed by atoms with Crippen LogP contribution in [0.4, 0.5) is 0 Å². The maximum atomic E-state index is 4.50. The van der Waals surface area contributed by atoms with Crippen LogP contribution in [0.2, 0.25) is 0 Å². The van der Waals surface area contributed by atoms with E-state index >= 15 is 0 Å². The third kappa shape index (κ3) is 5.25. The Labute approximate surface area is 96.3 Å². The lowest BCUT2D eigenvalue weighted by Gasteiger charge is -2.03. The molecule has 0 atom stereocenters. The first-order valence-electron chi connectivity index (χ1n) is 5.71. The van der Waals surface area contributed by atoms with Crippen LogP contribution < -0.4 is 10.6 Å². The molecule has 1 rings (SSSR count). The second kappa shape index (κ2) is 7.79. The van der Waals surface area contributed by atoms with Crippen molar-refractivity contribution in [3.05, 3.63) is 16.1 Å². The highest BCUT2D eigenvalue weighted by Crippen LogP contribution is 2.09. The van der Waals surface area contributed by atoms with Crippen molar-refractivity contribution in [3.63, 3.8) is 0 Å². The predicted molar refractivity (Wildman–Crippen MR) is 66.4 cm³/mol. The van der Waals surface area contributed by atoms with Gasteiger partial charge in [0, 0.05) is 25.0 Å². The largest absolute Gasteiger partial charge is 0.315 e. The molecular weight excluding hydrogens is 206 g/mol. The monoisotopic (exact) mass is 227 g/mol. The molecule has 1 heterocycles. The van der Waals surface area contributed by atoms with Gasteiger partial charge in [-0.05, 0) is 19.4 Å². The third-order valence-corrected chi connectivity index (χ3v) is 3.16. The van der Waals surface area contributed by atoms with Crippen LogP contribution in [0.25, 0.3) is 0 Å². The molecule has 86 valence electrons. The zero-order valence-corrected chi connectivity index (χ0v) is 10.5. The summed E-state index contributed by atoms with van der Waals surface area (Å²) in [7, 11) is 0. The lowest BCUT2D eigenvalue weighted by Crippen LogP contribution is -2.27. The van der Waals surface area contributed by atoms with Gasteiger partial charge in [0.1, 0.15) is 0 Å². The zero-order chi connectivity index (χ0) is 10.9. The molecule has 4 heteroatoms. The molecule has 0 amide bonds. The van der Waals surface area contributed by atoms with Crippen molar-refractivity contribution in [2.24, 2.45) is 0 Å². The Morgan fingerprint density at radius 1 is 1.20 bits per heavy atom. The molecule has 0 saturated heterocycles. The lowest BCUT2D eigenvalue weighted by molar-refractivity contribution is 0.603. The second-order valence-electron chi connectivity index (χ2n) is 3.51. The number of thiazole rings is 1. The Bertz CT molecular complexity index is 260. The molecule has 3 nitrogen and oxygen atoms in total. The molecule has 0 radical (unpaired) electrons. The summed E-state index contributed by atoms with van der Waals surface area (Å²) in [6, 6.07) is 0. The normalized spacial score (nSPS) is 10.8. The highest BCUT2D eigenvalue weighted by Gasteiger charge is 1.98. The van der Waals surface area contributed by atoms with Crippen LogP contribution in [0.5, 0.6) is 0 Å². The number of aromatic nitrogens is 1. The summed E-state index contributed by atoms with van der Waals surface area (Å²) < 4.78 is 0. The van der Waals surface area contributed by atoms with Crippen LogP contribution in [0.1, 0.15) is 31.0 Å². The fourth-order valence-corrected chi connectivity index (χ4v) is 2.03. The van der Waals surface area contributed by atoms with Crippen LogP contribution >= 0.6 is 11.3 Å². The number of hydrogen-bond donors (Lipinski definition) is 2. The molecule has 0 spiro atoms. The van der Waals surface area contributed by atoms with Crippen LogP contribution in [0.3, 0.4) is 0 Å². The van der Waals surface area contributed by atoms with Crippen molar-refractivity contribution < 1.29 is 0 Å². The van der Waals surface area contributed by atoms with Crippen molar-refractivity contribution in [3.8, 4) is 0 Å². The van der Waals surface area contributed by atoms with Gasteiger partial charge in [-0.15, -0.1) is 11.3 Å². The fourth-order valence-electron chi connectivity index (χ4n) is 1.29. The van der Waals surface area contributed by atoms with E-state index in [1.807, 2.05) is 0 Å². The van der Waals surface area contributed by atoms with Crippen molar-refractivity contribution in [1.29, 1.82) is 0 Å². The predicted octanol–water partition coefficient (Wildman–Crippen LogP) is 1.79. The van der Waals surface area contributed by atoms with E-state index in [-0.39, 0.29) is 0 Å². The number of hydrogen-bond acceptors (Lipinski definition) is 4. The summed E-state index contributed by atoms with van der Waals surface area (Å²) in [5.41, 5.74) is 1.17. The Balaban J connectivity index is 2.04. The van der Waals surface area contributed by atoms with Crippen LogP contribution in [-0.2, 0) is 13.0 Å². The maximum absolute atomic E-state index is 4.50. The number of aryl methyl sites for hydroxylation is 1. The topological polar surface area (TPSA) is 37.0 Å². The summed E-state index contributed by atoms with van der Waals surface area (Å²) >= 11 is 1.75. The van der Waals surface area contributed by atoms with E-state index in [2.05, 4.69) is 34.8 Å². The summed E-state index contributed by atoms with van der Waals surface area (Å²) in [4.78, 5) is 4.50. The van der Waals surface area contributed by atoms with Gasteiger partial charge in [0.25, 0.3) is 0 Å². The van der Waals surface area contributed by atoms with E-state index < -0.39 is 0 Å². The summed E-state index contributed by atoms with van der Waals surface area (Å²) in [5.74, 6) is 0. The van der Waals surface area contributed by atoms with Gasteiger partial charge in [-0.25, -0.2) is 4.98 Å². The quantitative estimate of drug-likeness (QED) is 0.665. The zero-order valence-electron chi connectivity index (χ0n) is 9.68. The van der Waals surface area contributed by atoms with Crippen molar-refractivity contribution >= 4 is 11.3 Å². The SMILES string of the molecule is CCCNCCNCc1csc(CC)n1. The minimum Gasteiger partial charge on any atom is -0.315 e. The molecule has 1 aromatic heterocycles. The van der Waals surface area contributed by atoms with Gasteiger partial charge in [0.2, 0.25) is 0 Å². The molecule has 0 fully saturated rings. The first-order valence-corrected chi connectivity index (χ1v) is 6.59. The highest BCUT2D eigenvalue weighted by atomic mass is 32.1. The van der Waals surface area contributed by atoms with E-state index in [0.717, 1.165) is 32.6 Å². The van der Waals surface area contributed by atoms with Crippen LogP contribution in [0, 0.1) is 0 Å².